The first-order valence-corrected chi connectivity index (χ1v) is 8.01. The van der Waals surface area contributed by atoms with Gasteiger partial charge in [-0.15, -0.1) is 11.3 Å². The second kappa shape index (κ2) is 5.95. The minimum Gasteiger partial charge on any atom is -0.329 e. The van der Waals surface area contributed by atoms with Crippen LogP contribution in [-0.4, -0.2) is 15.9 Å². The van der Waals surface area contributed by atoms with Gasteiger partial charge in [0.05, 0.1) is 5.25 Å². The molecule has 1 atom stereocenters. The summed E-state index contributed by atoms with van der Waals surface area (Å²) in [6, 6.07) is 2.14. The maximum Gasteiger partial charge on any atom is 0.170 e. The Hall–Kier alpha value is -0.430. The molecule has 2 heterocycles. The average Bonchev–Trinajstić information content (AvgIpc) is 2.95. The predicted octanol–water partition coefficient (Wildman–Crippen LogP) is 3.26. The average molecular weight is 285 g/mol. The van der Waals surface area contributed by atoms with E-state index in [4.69, 9.17) is 5.73 Å². The summed E-state index contributed by atoms with van der Waals surface area (Å²) in [5.41, 5.74) is 7.18. The van der Waals surface area contributed by atoms with Gasteiger partial charge in [0.15, 0.2) is 4.34 Å². The van der Waals surface area contributed by atoms with Gasteiger partial charge in [0, 0.05) is 17.8 Å². The molecule has 0 radical (unpaired) electrons. The smallest absolute Gasteiger partial charge is 0.170 e. The van der Waals surface area contributed by atoms with Crippen LogP contribution in [-0.2, 0) is 6.42 Å². The largest absolute Gasteiger partial charge is 0.329 e. The van der Waals surface area contributed by atoms with Gasteiger partial charge in [0.25, 0.3) is 0 Å². The molecule has 2 N–H and O–H groups in total. The SMILES string of the molecule is CCc1nsc(SC(CN)c2sccc2C)n1. The van der Waals surface area contributed by atoms with E-state index in [0.29, 0.717) is 11.8 Å². The normalized spacial score (nSPS) is 12.9. The number of nitrogens with zero attached hydrogens (tertiary/aromatic N) is 2. The Kier molecular flexibility index (Phi) is 4.55. The first-order valence-electron chi connectivity index (χ1n) is 5.48. The van der Waals surface area contributed by atoms with Gasteiger partial charge >= 0.3 is 0 Å². The number of thiophene rings is 1. The van der Waals surface area contributed by atoms with Crippen LogP contribution in [0.3, 0.4) is 0 Å². The Bertz CT molecular complexity index is 478. The van der Waals surface area contributed by atoms with Crippen LogP contribution in [0.15, 0.2) is 15.8 Å². The van der Waals surface area contributed by atoms with E-state index in [-0.39, 0.29) is 0 Å². The zero-order valence-corrected chi connectivity index (χ0v) is 12.3. The Balaban J connectivity index is 2.12. The summed E-state index contributed by atoms with van der Waals surface area (Å²) in [5.74, 6) is 0.927. The highest BCUT2D eigenvalue weighted by atomic mass is 32.2. The zero-order chi connectivity index (χ0) is 12.3. The zero-order valence-electron chi connectivity index (χ0n) is 9.84. The molecular weight excluding hydrogens is 270 g/mol. The van der Waals surface area contributed by atoms with E-state index in [2.05, 4.69) is 34.7 Å². The summed E-state index contributed by atoms with van der Waals surface area (Å²) < 4.78 is 5.32. The number of hydrogen-bond acceptors (Lipinski definition) is 6. The second-order valence-corrected chi connectivity index (χ2v) is 6.79. The Morgan fingerprint density at radius 2 is 2.35 bits per heavy atom. The van der Waals surface area contributed by atoms with Crippen LogP contribution >= 0.6 is 34.6 Å². The maximum atomic E-state index is 5.86. The maximum absolute atomic E-state index is 5.86. The van der Waals surface area contributed by atoms with E-state index < -0.39 is 0 Å². The van der Waals surface area contributed by atoms with Gasteiger partial charge in [-0.3, -0.25) is 0 Å². The summed E-state index contributed by atoms with van der Waals surface area (Å²) in [6.07, 6.45) is 0.891. The highest BCUT2D eigenvalue weighted by Gasteiger charge is 2.17. The lowest BCUT2D eigenvalue weighted by Crippen LogP contribution is -2.08. The van der Waals surface area contributed by atoms with Crippen molar-refractivity contribution in [2.45, 2.75) is 29.9 Å². The molecule has 1 unspecified atom stereocenters. The Labute approximate surface area is 114 Å². The fourth-order valence-corrected chi connectivity index (χ4v) is 4.63. The molecule has 0 aliphatic rings. The van der Waals surface area contributed by atoms with Gasteiger partial charge in [-0.1, -0.05) is 18.7 Å². The van der Waals surface area contributed by atoms with Crippen molar-refractivity contribution in [2.24, 2.45) is 5.73 Å². The van der Waals surface area contributed by atoms with Crippen molar-refractivity contribution in [1.82, 2.24) is 9.36 Å². The molecule has 0 amide bonds. The monoisotopic (exact) mass is 285 g/mol. The van der Waals surface area contributed by atoms with Crippen LogP contribution < -0.4 is 5.73 Å². The van der Waals surface area contributed by atoms with Gasteiger partial charge in [0.1, 0.15) is 5.82 Å². The molecule has 0 spiro atoms. The predicted molar refractivity (Wildman–Crippen MR) is 76.0 cm³/mol. The Morgan fingerprint density at radius 1 is 1.53 bits per heavy atom. The molecule has 17 heavy (non-hydrogen) atoms. The van der Waals surface area contributed by atoms with Crippen molar-refractivity contribution in [2.75, 3.05) is 6.54 Å². The molecule has 0 saturated heterocycles. The lowest BCUT2D eigenvalue weighted by atomic mass is 10.2. The lowest BCUT2D eigenvalue weighted by molar-refractivity contribution is 0.940. The van der Waals surface area contributed by atoms with Crippen molar-refractivity contribution in [3.63, 3.8) is 0 Å². The molecule has 0 aromatic carbocycles. The first-order chi connectivity index (χ1) is 8.24. The van der Waals surface area contributed by atoms with E-state index in [1.807, 2.05) is 0 Å². The molecule has 92 valence electrons. The summed E-state index contributed by atoms with van der Waals surface area (Å²) >= 11 is 4.97. The Morgan fingerprint density at radius 3 is 2.88 bits per heavy atom. The standard InChI is InChI=1S/C11H15N3S3/c1-3-9-13-11(17-14-9)16-8(6-12)10-7(2)4-5-15-10/h4-5,8H,3,6,12H2,1-2H3. The number of nitrogens with two attached hydrogens (primary N) is 1. The molecule has 2 aromatic heterocycles. The van der Waals surface area contributed by atoms with Gasteiger partial charge in [-0.2, -0.15) is 4.37 Å². The summed E-state index contributed by atoms with van der Waals surface area (Å²) in [7, 11) is 0. The van der Waals surface area contributed by atoms with Gasteiger partial charge in [0.2, 0.25) is 0 Å². The number of aromatic nitrogens is 2. The van der Waals surface area contributed by atoms with Crippen LogP contribution in [0.5, 0.6) is 0 Å². The van der Waals surface area contributed by atoms with Crippen molar-refractivity contribution >= 4 is 34.6 Å². The van der Waals surface area contributed by atoms with Crippen LogP contribution in [0.4, 0.5) is 0 Å². The third-order valence-corrected chi connectivity index (χ3v) is 5.77. The minimum atomic E-state index is 0.299. The molecule has 0 saturated carbocycles. The van der Waals surface area contributed by atoms with Crippen LogP contribution in [0.2, 0.25) is 0 Å². The highest BCUT2D eigenvalue weighted by molar-refractivity contribution is 8.01. The third kappa shape index (κ3) is 3.07. The molecule has 0 fully saturated rings. The van der Waals surface area contributed by atoms with E-state index in [1.54, 1.807) is 23.1 Å². The van der Waals surface area contributed by atoms with E-state index in [0.717, 1.165) is 16.6 Å². The summed E-state index contributed by atoms with van der Waals surface area (Å²) in [6.45, 7) is 4.83. The van der Waals surface area contributed by atoms with Crippen molar-refractivity contribution in [3.8, 4) is 0 Å². The van der Waals surface area contributed by atoms with E-state index in [1.165, 1.54) is 22.0 Å². The van der Waals surface area contributed by atoms with Gasteiger partial charge in [-0.05, 0) is 35.5 Å². The van der Waals surface area contributed by atoms with Gasteiger partial charge < -0.3 is 5.73 Å². The highest BCUT2D eigenvalue weighted by Crippen LogP contribution is 2.38. The molecule has 2 aromatic rings. The first kappa shape index (κ1) is 13.0. The van der Waals surface area contributed by atoms with E-state index >= 15 is 0 Å². The van der Waals surface area contributed by atoms with Crippen LogP contribution in [0.25, 0.3) is 0 Å². The number of thioether (sulfide) groups is 1. The molecule has 0 aliphatic carbocycles. The fourth-order valence-electron chi connectivity index (χ4n) is 1.47. The number of rotatable bonds is 5. The van der Waals surface area contributed by atoms with E-state index in [9.17, 15) is 0 Å². The van der Waals surface area contributed by atoms with Crippen molar-refractivity contribution < 1.29 is 0 Å². The molecular formula is C11H15N3S3. The minimum absolute atomic E-state index is 0.299. The molecule has 2 rings (SSSR count). The molecule has 3 nitrogen and oxygen atoms in total. The summed E-state index contributed by atoms with van der Waals surface area (Å²) in [5, 5.41) is 2.42. The van der Waals surface area contributed by atoms with Gasteiger partial charge in [-0.25, -0.2) is 4.98 Å². The van der Waals surface area contributed by atoms with Crippen molar-refractivity contribution in [3.05, 3.63) is 27.7 Å². The summed E-state index contributed by atoms with van der Waals surface area (Å²) in [4.78, 5) is 5.83. The second-order valence-electron chi connectivity index (χ2n) is 3.64. The van der Waals surface area contributed by atoms with Crippen LogP contribution in [0.1, 0.15) is 28.4 Å². The molecule has 0 aliphatic heterocycles. The number of hydrogen-bond donors (Lipinski definition) is 1. The fraction of sp³-hybridized carbons (Fsp3) is 0.455. The van der Waals surface area contributed by atoms with Crippen molar-refractivity contribution in [1.29, 1.82) is 0 Å². The quantitative estimate of drug-likeness (QED) is 0.857. The molecule has 0 bridgehead atoms. The number of aryl methyl sites for hydroxylation is 2. The third-order valence-electron chi connectivity index (χ3n) is 2.42. The molecule has 6 heteroatoms. The lowest BCUT2D eigenvalue weighted by Gasteiger charge is -2.11. The topological polar surface area (TPSA) is 51.8 Å². The van der Waals surface area contributed by atoms with Crippen LogP contribution in [0, 0.1) is 6.92 Å².